The Morgan fingerprint density at radius 2 is 0.644 bits per heavy atom. The minimum absolute atomic E-state index is 0.0586. The van der Waals surface area contributed by atoms with E-state index in [2.05, 4.69) is 31.3 Å². The van der Waals surface area contributed by atoms with Crippen molar-refractivity contribution in [3.05, 3.63) is 24.3 Å². The summed E-state index contributed by atoms with van der Waals surface area (Å²) in [5.74, 6) is -0.0586. The maximum absolute atomic E-state index is 12.5. The molecule has 3 N–H and O–H groups in total. The molecule has 0 aromatic heterocycles. The number of hydrogen-bond donors (Lipinski definition) is 3. The van der Waals surface area contributed by atoms with Gasteiger partial charge in [0.15, 0.2) is 0 Å². The topological polar surface area (TPSA) is 69.6 Å². The maximum atomic E-state index is 12.5. The fourth-order valence-corrected chi connectivity index (χ4v) is 8.53. The van der Waals surface area contributed by atoms with Crippen LogP contribution in [0.15, 0.2) is 24.3 Å². The van der Waals surface area contributed by atoms with Gasteiger partial charge in [-0.05, 0) is 44.9 Å². The summed E-state index contributed by atoms with van der Waals surface area (Å²) < 4.78 is 0. The molecule has 0 aliphatic carbocycles. The van der Waals surface area contributed by atoms with Crippen molar-refractivity contribution in [2.24, 2.45) is 0 Å². The summed E-state index contributed by atoms with van der Waals surface area (Å²) in [4.78, 5) is 12.5. The number of carbonyl (C=O) groups excluding carboxylic acids is 1. The molecule has 0 aromatic carbocycles. The van der Waals surface area contributed by atoms with Crippen molar-refractivity contribution in [3.63, 3.8) is 0 Å². The third kappa shape index (κ3) is 47.8. The number of amides is 1. The van der Waals surface area contributed by atoms with Crippen LogP contribution in [0.2, 0.25) is 0 Å². The SMILES string of the molecule is CCCCCCCCCC/C=C\CCCCCCCCCCCCCCCCCC(=O)NC(CO)C(O)/C=C/CCCCCCCCCCCCCCCCCCCC. The van der Waals surface area contributed by atoms with Crippen LogP contribution < -0.4 is 5.32 Å². The molecule has 0 heterocycles. The van der Waals surface area contributed by atoms with Gasteiger partial charge in [0, 0.05) is 6.42 Å². The first-order valence-electron chi connectivity index (χ1n) is 27.1. The fraction of sp³-hybridized carbons (Fsp3) is 0.909. The predicted octanol–water partition coefficient (Wildman–Crippen LogP) is 17.5. The molecule has 4 heteroatoms. The van der Waals surface area contributed by atoms with Crippen LogP contribution in [0.25, 0.3) is 0 Å². The van der Waals surface area contributed by atoms with Crippen LogP contribution in [0, 0.1) is 0 Å². The molecular formula is C55H107NO3. The van der Waals surface area contributed by atoms with Gasteiger partial charge in [-0.2, -0.15) is 0 Å². The van der Waals surface area contributed by atoms with E-state index in [1.54, 1.807) is 6.08 Å². The molecule has 0 saturated carbocycles. The van der Waals surface area contributed by atoms with Gasteiger partial charge in [-0.1, -0.05) is 276 Å². The van der Waals surface area contributed by atoms with E-state index >= 15 is 0 Å². The van der Waals surface area contributed by atoms with Crippen molar-refractivity contribution in [2.75, 3.05) is 6.61 Å². The van der Waals surface area contributed by atoms with Gasteiger partial charge in [0.1, 0.15) is 0 Å². The quantitative estimate of drug-likeness (QED) is 0.0422. The molecule has 0 radical (unpaired) electrons. The Kier molecular flexibility index (Phi) is 50.2. The number of rotatable bonds is 50. The molecule has 2 unspecified atom stereocenters. The van der Waals surface area contributed by atoms with Crippen LogP contribution in [-0.2, 0) is 4.79 Å². The van der Waals surface area contributed by atoms with E-state index in [1.165, 1.54) is 257 Å². The van der Waals surface area contributed by atoms with E-state index in [-0.39, 0.29) is 12.5 Å². The van der Waals surface area contributed by atoms with E-state index < -0.39 is 12.1 Å². The van der Waals surface area contributed by atoms with Crippen molar-refractivity contribution in [1.29, 1.82) is 0 Å². The Morgan fingerprint density at radius 1 is 0.390 bits per heavy atom. The highest BCUT2D eigenvalue weighted by molar-refractivity contribution is 5.76. The standard InChI is InChI=1S/C55H107NO3/c1-3-5-7-9-11-13-15-17-19-21-23-25-26-27-28-29-30-31-33-35-37-39-41-43-45-47-49-51-55(59)56-53(52-57)54(58)50-48-46-44-42-40-38-36-34-32-24-22-20-18-16-14-12-10-8-6-4-2/h21,23,48,50,53-54,57-58H,3-20,22,24-47,49,51-52H2,1-2H3,(H,56,59)/b23-21-,50-48+. The largest absolute Gasteiger partial charge is 0.394 e. The van der Waals surface area contributed by atoms with Gasteiger partial charge < -0.3 is 15.5 Å². The van der Waals surface area contributed by atoms with Crippen LogP contribution in [0.4, 0.5) is 0 Å². The van der Waals surface area contributed by atoms with Gasteiger partial charge in [0.05, 0.1) is 18.8 Å². The molecule has 0 fully saturated rings. The summed E-state index contributed by atoms with van der Waals surface area (Å²) in [7, 11) is 0. The molecule has 0 aromatic rings. The molecule has 0 spiro atoms. The maximum Gasteiger partial charge on any atom is 0.220 e. The predicted molar refractivity (Wildman–Crippen MR) is 262 cm³/mol. The zero-order valence-electron chi connectivity index (χ0n) is 40.3. The second-order valence-corrected chi connectivity index (χ2v) is 18.7. The fourth-order valence-electron chi connectivity index (χ4n) is 8.53. The van der Waals surface area contributed by atoms with E-state index in [4.69, 9.17) is 0 Å². The average Bonchev–Trinajstić information content (AvgIpc) is 3.24. The van der Waals surface area contributed by atoms with Crippen LogP contribution in [0.3, 0.4) is 0 Å². The summed E-state index contributed by atoms with van der Waals surface area (Å²) in [5, 5.41) is 23.2. The highest BCUT2D eigenvalue weighted by Crippen LogP contribution is 2.17. The molecule has 350 valence electrons. The molecule has 59 heavy (non-hydrogen) atoms. The number of hydrogen-bond acceptors (Lipinski definition) is 3. The Morgan fingerprint density at radius 3 is 0.932 bits per heavy atom. The van der Waals surface area contributed by atoms with Crippen molar-refractivity contribution in [2.45, 2.75) is 315 Å². The smallest absolute Gasteiger partial charge is 0.220 e. The second-order valence-electron chi connectivity index (χ2n) is 18.7. The highest BCUT2D eigenvalue weighted by Gasteiger charge is 2.18. The minimum atomic E-state index is -0.837. The van der Waals surface area contributed by atoms with Crippen molar-refractivity contribution < 1.29 is 15.0 Å². The van der Waals surface area contributed by atoms with Gasteiger partial charge >= 0.3 is 0 Å². The average molecular weight is 830 g/mol. The summed E-state index contributed by atoms with van der Waals surface area (Å²) in [6.07, 6.45) is 67.6. The van der Waals surface area contributed by atoms with Crippen molar-refractivity contribution in [3.8, 4) is 0 Å². The van der Waals surface area contributed by atoms with Crippen LogP contribution in [-0.4, -0.2) is 34.9 Å². The Bertz CT molecular complexity index is 855. The van der Waals surface area contributed by atoms with Gasteiger partial charge in [-0.3, -0.25) is 4.79 Å². The highest BCUT2D eigenvalue weighted by atomic mass is 16.3. The Balaban J connectivity index is 3.47. The lowest BCUT2D eigenvalue weighted by atomic mass is 10.0. The number of aliphatic hydroxyl groups is 2. The molecule has 0 rings (SSSR count). The molecule has 0 saturated heterocycles. The molecule has 1 amide bonds. The van der Waals surface area contributed by atoms with Crippen molar-refractivity contribution in [1.82, 2.24) is 5.32 Å². The molecule has 2 atom stereocenters. The zero-order chi connectivity index (χ0) is 42.8. The summed E-state index contributed by atoms with van der Waals surface area (Å²) in [6.45, 7) is 4.34. The Labute approximate surface area is 370 Å². The first kappa shape index (κ1) is 57.9. The number of carbonyl (C=O) groups is 1. The van der Waals surface area contributed by atoms with Gasteiger partial charge in [-0.15, -0.1) is 0 Å². The van der Waals surface area contributed by atoms with E-state index in [9.17, 15) is 15.0 Å². The van der Waals surface area contributed by atoms with Gasteiger partial charge in [0.25, 0.3) is 0 Å². The third-order valence-electron chi connectivity index (χ3n) is 12.7. The minimum Gasteiger partial charge on any atom is -0.394 e. The second kappa shape index (κ2) is 51.2. The molecule has 0 bridgehead atoms. The van der Waals surface area contributed by atoms with E-state index in [0.29, 0.717) is 6.42 Å². The molecule has 0 aliphatic rings. The van der Waals surface area contributed by atoms with Crippen LogP contribution >= 0.6 is 0 Å². The monoisotopic (exact) mass is 830 g/mol. The lowest BCUT2D eigenvalue weighted by Gasteiger charge is -2.20. The number of nitrogens with one attached hydrogen (secondary N) is 1. The van der Waals surface area contributed by atoms with Crippen LogP contribution in [0.5, 0.6) is 0 Å². The van der Waals surface area contributed by atoms with Gasteiger partial charge in [-0.25, -0.2) is 0 Å². The zero-order valence-corrected chi connectivity index (χ0v) is 40.3. The normalized spacial score (nSPS) is 12.9. The summed E-state index contributed by atoms with van der Waals surface area (Å²) >= 11 is 0. The first-order chi connectivity index (χ1) is 29.2. The number of allylic oxidation sites excluding steroid dienone is 3. The molecule has 4 nitrogen and oxygen atoms in total. The van der Waals surface area contributed by atoms with E-state index in [0.717, 1.165) is 25.7 Å². The van der Waals surface area contributed by atoms with Gasteiger partial charge in [0.2, 0.25) is 5.91 Å². The first-order valence-corrected chi connectivity index (χ1v) is 27.1. The number of unbranched alkanes of at least 4 members (excludes halogenated alkanes) is 41. The Hall–Kier alpha value is -1.13. The lowest BCUT2D eigenvalue weighted by Crippen LogP contribution is -2.45. The summed E-state index contributed by atoms with van der Waals surface area (Å²) in [6, 6.07) is -0.620. The van der Waals surface area contributed by atoms with Crippen LogP contribution in [0.1, 0.15) is 303 Å². The number of aliphatic hydroxyl groups excluding tert-OH is 2. The third-order valence-corrected chi connectivity index (χ3v) is 12.7. The van der Waals surface area contributed by atoms with E-state index in [1.807, 2.05) is 6.08 Å². The summed E-state index contributed by atoms with van der Waals surface area (Å²) in [5.41, 5.74) is 0. The molecular weight excluding hydrogens is 723 g/mol. The lowest BCUT2D eigenvalue weighted by molar-refractivity contribution is -0.123. The molecule has 0 aliphatic heterocycles. The van der Waals surface area contributed by atoms with Crippen molar-refractivity contribution >= 4 is 5.91 Å².